The topological polar surface area (TPSA) is 9.23 Å². The van der Waals surface area contributed by atoms with Crippen LogP contribution in [0.25, 0.3) is 0 Å². The average molecular weight is 424 g/mol. The van der Waals surface area contributed by atoms with Crippen molar-refractivity contribution in [2.75, 3.05) is 0 Å². The molecule has 0 heterocycles. The fraction of sp³-hybridized carbons (Fsp3) is 0.200. The Morgan fingerprint density at radius 2 is 1.67 bits per heavy atom. The van der Waals surface area contributed by atoms with Crippen LogP contribution < -0.4 is 4.74 Å². The van der Waals surface area contributed by atoms with E-state index in [0.717, 1.165) is 22.2 Å². The zero-order valence-electron chi connectivity index (χ0n) is 10.8. The van der Waals surface area contributed by atoms with Gasteiger partial charge in [0, 0.05) is 15.4 Å². The van der Waals surface area contributed by atoms with Gasteiger partial charge in [0.05, 0.1) is 5.56 Å². The standard InChI is InChI=1S/C15H11Br2F3O/c16-8-11-7-13(17)5-6-14(11)21-9-10-1-3-12(4-2-10)15(18,19)20/h1-7H,8-9H2. The van der Waals surface area contributed by atoms with Crippen molar-refractivity contribution in [1.82, 2.24) is 0 Å². The molecule has 0 N–H and O–H groups in total. The van der Waals surface area contributed by atoms with Gasteiger partial charge in [-0.15, -0.1) is 0 Å². The molecule has 0 spiro atoms. The third kappa shape index (κ3) is 4.48. The molecule has 21 heavy (non-hydrogen) atoms. The lowest BCUT2D eigenvalue weighted by atomic mass is 10.1. The van der Waals surface area contributed by atoms with Gasteiger partial charge in [0.15, 0.2) is 0 Å². The smallest absolute Gasteiger partial charge is 0.416 e. The third-order valence-corrected chi connectivity index (χ3v) is 3.94. The molecule has 0 bridgehead atoms. The Bertz CT molecular complexity index is 609. The Kier molecular flexibility index (Phi) is 5.32. The monoisotopic (exact) mass is 422 g/mol. The lowest BCUT2D eigenvalue weighted by molar-refractivity contribution is -0.137. The van der Waals surface area contributed by atoms with Gasteiger partial charge in [-0.2, -0.15) is 13.2 Å². The molecule has 0 saturated heterocycles. The largest absolute Gasteiger partial charge is 0.489 e. The van der Waals surface area contributed by atoms with Gasteiger partial charge in [-0.25, -0.2) is 0 Å². The van der Waals surface area contributed by atoms with E-state index in [1.54, 1.807) is 0 Å². The average Bonchev–Trinajstić information content (AvgIpc) is 2.45. The van der Waals surface area contributed by atoms with Crippen molar-refractivity contribution >= 4 is 31.9 Å². The molecule has 1 nitrogen and oxygen atoms in total. The van der Waals surface area contributed by atoms with Crippen LogP contribution in [0.2, 0.25) is 0 Å². The first-order valence-corrected chi connectivity index (χ1v) is 7.95. The SMILES string of the molecule is FC(F)(F)c1ccc(COc2ccc(Br)cc2CBr)cc1. The molecule has 2 aromatic rings. The van der Waals surface area contributed by atoms with E-state index in [9.17, 15) is 13.2 Å². The fourth-order valence-corrected chi connectivity index (χ4v) is 2.59. The summed E-state index contributed by atoms with van der Waals surface area (Å²) in [6.45, 7) is 0.222. The van der Waals surface area contributed by atoms with Crippen molar-refractivity contribution in [2.45, 2.75) is 18.1 Å². The number of alkyl halides is 4. The zero-order valence-corrected chi connectivity index (χ0v) is 13.9. The van der Waals surface area contributed by atoms with Crippen LogP contribution in [0.1, 0.15) is 16.7 Å². The summed E-state index contributed by atoms with van der Waals surface area (Å²) >= 11 is 6.75. The van der Waals surface area contributed by atoms with Crippen molar-refractivity contribution in [3.63, 3.8) is 0 Å². The van der Waals surface area contributed by atoms with Crippen LogP contribution >= 0.6 is 31.9 Å². The van der Waals surface area contributed by atoms with E-state index >= 15 is 0 Å². The summed E-state index contributed by atoms with van der Waals surface area (Å²) in [4.78, 5) is 0. The van der Waals surface area contributed by atoms with Crippen molar-refractivity contribution in [3.8, 4) is 5.75 Å². The number of hydrogen-bond acceptors (Lipinski definition) is 1. The highest BCUT2D eigenvalue weighted by Crippen LogP contribution is 2.30. The van der Waals surface area contributed by atoms with E-state index < -0.39 is 11.7 Å². The number of hydrogen-bond donors (Lipinski definition) is 0. The summed E-state index contributed by atoms with van der Waals surface area (Å²) in [5.74, 6) is 0.704. The summed E-state index contributed by atoms with van der Waals surface area (Å²) in [5.41, 5.74) is 0.999. The minimum atomic E-state index is -4.31. The summed E-state index contributed by atoms with van der Waals surface area (Å²) < 4.78 is 44.0. The summed E-state index contributed by atoms with van der Waals surface area (Å²) in [5, 5.41) is 0.634. The van der Waals surface area contributed by atoms with Crippen molar-refractivity contribution in [3.05, 3.63) is 63.6 Å². The van der Waals surface area contributed by atoms with E-state index in [1.807, 2.05) is 18.2 Å². The van der Waals surface area contributed by atoms with E-state index in [0.29, 0.717) is 16.6 Å². The van der Waals surface area contributed by atoms with Crippen LogP contribution in [0.5, 0.6) is 5.75 Å². The number of ether oxygens (including phenoxy) is 1. The molecule has 112 valence electrons. The Morgan fingerprint density at radius 1 is 1.00 bits per heavy atom. The van der Waals surface area contributed by atoms with Crippen LogP contribution in [-0.4, -0.2) is 0 Å². The lowest BCUT2D eigenvalue weighted by Gasteiger charge is -2.11. The summed E-state index contributed by atoms with van der Waals surface area (Å²) in [6, 6.07) is 10.6. The molecule has 0 aliphatic carbocycles. The highest BCUT2D eigenvalue weighted by atomic mass is 79.9. The maximum absolute atomic E-state index is 12.5. The molecular weight excluding hydrogens is 413 g/mol. The maximum Gasteiger partial charge on any atom is 0.416 e. The molecule has 0 unspecified atom stereocenters. The molecular formula is C15H11Br2F3O. The van der Waals surface area contributed by atoms with Gasteiger partial charge in [-0.1, -0.05) is 44.0 Å². The van der Waals surface area contributed by atoms with Crippen LogP contribution in [0.3, 0.4) is 0 Å². The van der Waals surface area contributed by atoms with E-state index in [-0.39, 0.29) is 6.61 Å². The van der Waals surface area contributed by atoms with Crippen molar-refractivity contribution in [2.24, 2.45) is 0 Å². The van der Waals surface area contributed by atoms with Crippen LogP contribution in [0.4, 0.5) is 13.2 Å². The minimum Gasteiger partial charge on any atom is -0.489 e. The molecule has 0 aliphatic heterocycles. The first kappa shape index (κ1) is 16.4. The molecule has 0 fully saturated rings. The second-order valence-electron chi connectivity index (χ2n) is 4.37. The molecule has 0 amide bonds. The van der Waals surface area contributed by atoms with E-state index in [1.165, 1.54) is 12.1 Å². The molecule has 2 aromatic carbocycles. The second kappa shape index (κ2) is 6.83. The minimum absolute atomic E-state index is 0.222. The summed E-state index contributed by atoms with van der Waals surface area (Å²) in [7, 11) is 0. The number of rotatable bonds is 4. The highest BCUT2D eigenvalue weighted by molar-refractivity contribution is 9.10. The zero-order chi connectivity index (χ0) is 15.5. The van der Waals surface area contributed by atoms with Gasteiger partial charge in [0.25, 0.3) is 0 Å². The third-order valence-electron chi connectivity index (χ3n) is 2.84. The van der Waals surface area contributed by atoms with Gasteiger partial charge in [0.2, 0.25) is 0 Å². The van der Waals surface area contributed by atoms with E-state index in [4.69, 9.17) is 4.74 Å². The highest BCUT2D eigenvalue weighted by Gasteiger charge is 2.29. The Morgan fingerprint density at radius 3 is 2.24 bits per heavy atom. The van der Waals surface area contributed by atoms with Crippen LogP contribution in [-0.2, 0) is 18.1 Å². The predicted molar refractivity (Wildman–Crippen MR) is 82.5 cm³/mol. The van der Waals surface area contributed by atoms with Crippen molar-refractivity contribution < 1.29 is 17.9 Å². The molecule has 2 rings (SSSR count). The quantitative estimate of drug-likeness (QED) is 0.552. The van der Waals surface area contributed by atoms with Crippen molar-refractivity contribution in [1.29, 1.82) is 0 Å². The van der Waals surface area contributed by atoms with Gasteiger partial charge < -0.3 is 4.74 Å². The van der Waals surface area contributed by atoms with Gasteiger partial charge >= 0.3 is 6.18 Å². The molecule has 0 aliphatic rings. The van der Waals surface area contributed by atoms with E-state index in [2.05, 4.69) is 31.9 Å². The van der Waals surface area contributed by atoms with Gasteiger partial charge in [0.1, 0.15) is 12.4 Å². The normalized spacial score (nSPS) is 11.5. The number of halogens is 5. The Hall–Kier alpha value is -1.01. The molecule has 0 saturated carbocycles. The Labute approximate surface area is 137 Å². The van der Waals surface area contributed by atoms with Gasteiger partial charge in [-0.3, -0.25) is 0 Å². The summed E-state index contributed by atoms with van der Waals surface area (Å²) in [6.07, 6.45) is -4.31. The first-order chi connectivity index (χ1) is 9.90. The Balaban J connectivity index is 2.07. The molecule has 0 radical (unpaired) electrons. The predicted octanol–water partition coefficient (Wildman–Crippen LogP) is 5.94. The first-order valence-electron chi connectivity index (χ1n) is 6.03. The molecule has 6 heteroatoms. The van der Waals surface area contributed by atoms with Gasteiger partial charge in [-0.05, 0) is 35.9 Å². The lowest BCUT2D eigenvalue weighted by Crippen LogP contribution is -2.05. The van der Waals surface area contributed by atoms with Crippen LogP contribution in [0, 0.1) is 0 Å². The fourth-order valence-electron chi connectivity index (χ4n) is 1.74. The maximum atomic E-state index is 12.5. The molecule has 0 atom stereocenters. The number of benzene rings is 2. The van der Waals surface area contributed by atoms with Crippen LogP contribution in [0.15, 0.2) is 46.9 Å². The molecule has 0 aromatic heterocycles. The second-order valence-corrected chi connectivity index (χ2v) is 5.85.